The van der Waals surface area contributed by atoms with Gasteiger partial charge in [-0.15, -0.1) is 0 Å². The van der Waals surface area contributed by atoms with Gasteiger partial charge < -0.3 is 14.8 Å². The lowest BCUT2D eigenvalue weighted by molar-refractivity contribution is -0.0745. The van der Waals surface area contributed by atoms with Crippen molar-refractivity contribution in [2.45, 2.75) is 29.9 Å². The first-order valence-corrected chi connectivity index (χ1v) is 10.7. The fourth-order valence-corrected chi connectivity index (χ4v) is 4.65. The zero-order chi connectivity index (χ0) is 20.6. The Morgan fingerprint density at radius 3 is 2.90 bits per heavy atom. The predicted octanol–water partition coefficient (Wildman–Crippen LogP) is 2.23. The average molecular weight is 436 g/mol. The summed E-state index contributed by atoms with van der Waals surface area (Å²) in [5.41, 5.74) is 0.0331. The number of anilines is 1. The molecule has 1 fully saturated rings. The molecule has 152 valence electrons. The van der Waals surface area contributed by atoms with Gasteiger partial charge in [-0.25, -0.2) is 8.42 Å². The van der Waals surface area contributed by atoms with Crippen LogP contribution in [0.5, 0.6) is 0 Å². The van der Waals surface area contributed by atoms with Gasteiger partial charge in [-0.05, 0) is 12.1 Å². The number of sulfonamides is 1. The van der Waals surface area contributed by atoms with Crippen LogP contribution in [0.4, 0.5) is 5.69 Å². The lowest BCUT2D eigenvalue weighted by Crippen LogP contribution is -2.40. The van der Waals surface area contributed by atoms with Gasteiger partial charge >= 0.3 is 0 Å². The van der Waals surface area contributed by atoms with Crippen molar-refractivity contribution in [3.8, 4) is 6.07 Å². The molecule has 9 nitrogen and oxygen atoms in total. The van der Waals surface area contributed by atoms with Crippen LogP contribution in [0.2, 0.25) is 5.02 Å². The molecule has 3 N–H and O–H groups in total. The van der Waals surface area contributed by atoms with Crippen molar-refractivity contribution in [3.63, 3.8) is 0 Å². The minimum absolute atomic E-state index is 0.0386. The number of hydrogen-bond donors (Lipinski definition) is 3. The highest BCUT2D eigenvalue weighted by molar-refractivity contribution is 7.92. The number of ether oxygens (including phenoxy) is 1. The fourth-order valence-electron chi connectivity index (χ4n) is 3.36. The number of aromatic nitrogens is 3. The van der Waals surface area contributed by atoms with Crippen molar-refractivity contribution >= 4 is 38.2 Å². The fraction of sp³-hybridized carbons (Fsp3) is 0.333. The molecule has 0 amide bonds. The third kappa shape index (κ3) is 3.82. The summed E-state index contributed by atoms with van der Waals surface area (Å²) >= 11 is 6.16. The standard InChI is InChI=1S/C18H18ClN5O4S/c19-14-1-2-15(17-16(14)12(7-20)8-21-17)23-29(26,27)13-9-22-24(10-13)11-18(25)3-5-28-6-4-18/h1-2,8-10,21,23,25H,3-6,11H2. The molecule has 0 saturated carbocycles. The number of hydrogen-bond acceptors (Lipinski definition) is 6. The van der Waals surface area contributed by atoms with E-state index in [9.17, 15) is 18.8 Å². The second-order valence-electron chi connectivity index (χ2n) is 6.97. The molecule has 11 heteroatoms. The lowest BCUT2D eigenvalue weighted by atomic mass is 9.95. The Balaban J connectivity index is 1.60. The second-order valence-corrected chi connectivity index (χ2v) is 9.06. The zero-order valence-electron chi connectivity index (χ0n) is 15.2. The maximum atomic E-state index is 12.8. The van der Waals surface area contributed by atoms with Crippen molar-refractivity contribution in [2.24, 2.45) is 0 Å². The van der Waals surface area contributed by atoms with Gasteiger partial charge in [0, 0.05) is 43.8 Å². The van der Waals surface area contributed by atoms with Gasteiger partial charge in [-0.3, -0.25) is 9.40 Å². The topological polar surface area (TPSA) is 133 Å². The number of nitrogens with zero attached hydrogens (tertiary/aromatic N) is 3. The molecule has 2 aromatic heterocycles. The molecule has 0 aliphatic carbocycles. The van der Waals surface area contributed by atoms with Gasteiger partial charge in [0.05, 0.1) is 40.1 Å². The zero-order valence-corrected chi connectivity index (χ0v) is 16.8. The smallest absolute Gasteiger partial charge is 0.265 e. The van der Waals surface area contributed by atoms with Gasteiger partial charge in [-0.1, -0.05) is 11.6 Å². The van der Waals surface area contributed by atoms with Crippen LogP contribution < -0.4 is 4.72 Å². The Morgan fingerprint density at radius 1 is 1.41 bits per heavy atom. The Hall–Kier alpha value is -2.58. The first-order chi connectivity index (χ1) is 13.8. The Morgan fingerprint density at radius 2 is 2.17 bits per heavy atom. The molecule has 3 aromatic rings. The van der Waals surface area contributed by atoms with Crippen LogP contribution in [0.15, 0.2) is 35.6 Å². The molecule has 0 radical (unpaired) electrons. The van der Waals surface area contributed by atoms with Crippen molar-refractivity contribution in [3.05, 3.63) is 41.3 Å². The largest absolute Gasteiger partial charge is 0.388 e. The third-order valence-corrected chi connectivity index (χ3v) is 6.58. The molecule has 1 aliphatic heterocycles. The van der Waals surface area contributed by atoms with Crippen LogP contribution in [0.3, 0.4) is 0 Å². The summed E-state index contributed by atoms with van der Waals surface area (Å²) in [7, 11) is -3.94. The summed E-state index contributed by atoms with van der Waals surface area (Å²) in [5.74, 6) is 0. The van der Waals surface area contributed by atoms with E-state index in [-0.39, 0.29) is 17.1 Å². The summed E-state index contributed by atoms with van der Waals surface area (Å²) in [6.45, 7) is 1.09. The van der Waals surface area contributed by atoms with Crippen LogP contribution >= 0.6 is 11.6 Å². The molecule has 0 atom stereocenters. The number of benzene rings is 1. The molecular weight excluding hydrogens is 418 g/mol. The van der Waals surface area contributed by atoms with Crippen LogP contribution in [0.1, 0.15) is 18.4 Å². The van der Waals surface area contributed by atoms with Crippen molar-refractivity contribution in [1.29, 1.82) is 5.26 Å². The van der Waals surface area contributed by atoms with Crippen molar-refractivity contribution in [2.75, 3.05) is 17.9 Å². The Kier molecular flexibility index (Phi) is 5.00. The number of nitrogens with one attached hydrogen (secondary N) is 2. The van der Waals surface area contributed by atoms with E-state index in [2.05, 4.69) is 14.8 Å². The molecule has 1 saturated heterocycles. The van der Waals surface area contributed by atoms with Crippen LogP contribution in [0.25, 0.3) is 10.9 Å². The lowest BCUT2D eigenvalue weighted by Gasteiger charge is -2.31. The maximum absolute atomic E-state index is 12.8. The maximum Gasteiger partial charge on any atom is 0.265 e. The van der Waals surface area contributed by atoms with E-state index in [1.807, 2.05) is 6.07 Å². The molecule has 0 spiro atoms. The van der Waals surface area contributed by atoms with Gasteiger partial charge in [0.25, 0.3) is 10.0 Å². The van der Waals surface area contributed by atoms with Gasteiger partial charge in [0.15, 0.2) is 0 Å². The Labute approximate surface area is 171 Å². The molecular formula is C18H18ClN5O4S. The van der Waals surface area contributed by atoms with Gasteiger partial charge in [0.2, 0.25) is 0 Å². The molecule has 0 unspecified atom stereocenters. The monoisotopic (exact) mass is 435 g/mol. The Bertz CT molecular complexity index is 1200. The third-order valence-electron chi connectivity index (χ3n) is 4.95. The molecule has 29 heavy (non-hydrogen) atoms. The average Bonchev–Trinajstić information content (AvgIpc) is 3.32. The van der Waals surface area contributed by atoms with Crippen LogP contribution in [-0.4, -0.2) is 47.1 Å². The van der Waals surface area contributed by atoms with Crippen LogP contribution in [0, 0.1) is 11.3 Å². The first kappa shape index (κ1) is 19.7. The molecule has 4 rings (SSSR count). The van der Waals surface area contributed by atoms with E-state index in [4.69, 9.17) is 16.3 Å². The number of halogens is 1. The quantitative estimate of drug-likeness (QED) is 0.562. The summed E-state index contributed by atoms with van der Waals surface area (Å²) < 4.78 is 34.8. The number of aliphatic hydroxyl groups is 1. The van der Waals surface area contributed by atoms with E-state index in [0.29, 0.717) is 47.5 Å². The molecule has 1 aromatic carbocycles. The predicted molar refractivity (Wildman–Crippen MR) is 106 cm³/mol. The van der Waals surface area contributed by atoms with E-state index >= 15 is 0 Å². The second kappa shape index (κ2) is 7.35. The highest BCUT2D eigenvalue weighted by atomic mass is 35.5. The van der Waals surface area contributed by atoms with E-state index in [0.717, 1.165) is 0 Å². The number of H-pyrrole nitrogens is 1. The first-order valence-electron chi connectivity index (χ1n) is 8.86. The SMILES string of the molecule is N#Cc1c[nH]c2c(NS(=O)(=O)c3cnn(CC4(O)CCOCC4)c3)ccc(Cl)c12. The van der Waals surface area contributed by atoms with Crippen molar-refractivity contribution < 1.29 is 18.3 Å². The molecule has 3 heterocycles. The number of fused-ring (bicyclic) bond motifs is 1. The minimum Gasteiger partial charge on any atom is -0.388 e. The van der Waals surface area contributed by atoms with E-state index in [1.165, 1.54) is 35.4 Å². The van der Waals surface area contributed by atoms with Crippen molar-refractivity contribution in [1.82, 2.24) is 14.8 Å². The van der Waals surface area contributed by atoms with E-state index in [1.54, 1.807) is 0 Å². The number of nitriles is 1. The van der Waals surface area contributed by atoms with E-state index < -0.39 is 15.6 Å². The summed E-state index contributed by atoms with van der Waals surface area (Å²) in [6.07, 6.45) is 5.00. The van der Waals surface area contributed by atoms with Gasteiger partial charge in [0.1, 0.15) is 11.0 Å². The molecule has 1 aliphatic rings. The number of aromatic amines is 1. The summed E-state index contributed by atoms with van der Waals surface area (Å²) in [4.78, 5) is 2.85. The number of rotatable bonds is 5. The molecule has 0 bridgehead atoms. The summed E-state index contributed by atoms with van der Waals surface area (Å²) in [6, 6.07) is 5.07. The summed E-state index contributed by atoms with van der Waals surface area (Å²) in [5, 5.41) is 24.7. The normalized spacial score (nSPS) is 16.6. The minimum atomic E-state index is -3.94. The highest BCUT2D eigenvalue weighted by Gasteiger charge is 2.31. The highest BCUT2D eigenvalue weighted by Crippen LogP contribution is 2.33. The van der Waals surface area contributed by atoms with Crippen LogP contribution in [-0.2, 0) is 21.3 Å². The van der Waals surface area contributed by atoms with Gasteiger partial charge in [-0.2, -0.15) is 10.4 Å².